The number of halogens is 6. The van der Waals surface area contributed by atoms with Gasteiger partial charge in [-0.2, -0.15) is 23.1 Å². The van der Waals surface area contributed by atoms with Gasteiger partial charge in [0.1, 0.15) is 12.2 Å². The molecule has 0 fully saturated rings. The molecule has 104 valence electrons. The molecule has 0 saturated carbocycles. The Labute approximate surface area is 118 Å². The highest BCUT2D eigenvalue weighted by Gasteiger charge is 2.36. The average Bonchev–Trinajstić information content (AvgIpc) is 2.84. The van der Waals surface area contributed by atoms with Gasteiger partial charge in [0.25, 0.3) is 5.82 Å². The zero-order chi connectivity index (χ0) is 14.3. The number of alkyl halides is 6. The molecule has 2 aromatic rings. The SMILES string of the molecule is FC(F)(F)c1nnn(Cc2cc(C(Cl)(Cl)Cl)n[nH]2)n1. The van der Waals surface area contributed by atoms with Crippen LogP contribution in [0.25, 0.3) is 0 Å². The van der Waals surface area contributed by atoms with Crippen LogP contribution in [-0.4, -0.2) is 30.4 Å². The first-order valence-electron chi connectivity index (χ1n) is 4.63. The van der Waals surface area contributed by atoms with Crippen molar-refractivity contribution in [2.45, 2.75) is 16.5 Å². The minimum atomic E-state index is -4.64. The smallest absolute Gasteiger partial charge is 0.280 e. The van der Waals surface area contributed by atoms with Gasteiger partial charge >= 0.3 is 6.18 Å². The molecule has 0 amide bonds. The Kier molecular flexibility index (Phi) is 3.63. The molecule has 1 N–H and O–H groups in total. The van der Waals surface area contributed by atoms with E-state index in [9.17, 15) is 13.2 Å². The monoisotopic (exact) mass is 334 g/mol. The molecule has 0 radical (unpaired) electrons. The van der Waals surface area contributed by atoms with E-state index in [0.29, 0.717) is 5.69 Å². The first kappa shape index (κ1) is 14.4. The zero-order valence-electron chi connectivity index (χ0n) is 8.79. The van der Waals surface area contributed by atoms with Gasteiger partial charge in [-0.25, -0.2) is 0 Å². The summed E-state index contributed by atoms with van der Waals surface area (Å²) in [5, 5.41) is 15.5. The third kappa shape index (κ3) is 3.48. The lowest BCUT2D eigenvalue weighted by molar-refractivity contribution is -0.145. The Morgan fingerprint density at radius 1 is 1.26 bits per heavy atom. The summed E-state index contributed by atoms with van der Waals surface area (Å²) in [5.74, 6) is -1.33. The fourth-order valence-electron chi connectivity index (χ4n) is 1.16. The van der Waals surface area contributed by atoms with Crippen LogP contribution >= 0.6 is 34.8 Å². The Morgan fingerprint density at radius 2 is 1.95 bits per heavy atom. The van der Waals surface area contributed by atoms with E-state index in [0.717, 1.165) is 4.80 Å². The molecule has 6 nitrogen and oxygen atoms in total. The molecular formula is C7H4Cl3F3N6. The summed E-state index contributed by atoms with van der Waals surface area (Å²) in [6.07, 6.45) is -4.64. The normalized spacial score (nSPS) is 12.9. The van der Waals surface area contributed by atoms with E-state index in [1.54, 1.807) is 0 Å². The van der Waals surface area contributed by atoms with E-state index in [-0.39, 0.29) is 12.2 Å². The fourth-order valence-corrected chi connectivity index (χ4v) is 1.45. The van der Waals surface area contributed by atoms with E-state index >= 15 is 0 Å². The Balaban J connectivity index is 2.14. The summed E-state index contributed by atoms with van der Waals surface area (Å²) in [7, 11) is 0. The van der Waals surface area contributed by atoms with Gasteiger partial charge < -0.3 is 0 Å². The molecule has 2 heterocycles. The van der Waals surface area contributed by atoms with Crippen molar-refractivity contribution in [1.29, 1.82) is 0 Å². The minimum Gasteiger partial charge on any atom is -0.280 e. The van der Waals surface area contributed by atoms with Crippen molar-refractivity contribution in [2.24, 2.45) is 0 Å². The van der Waals surface area contributed by atoms with Gasteiger partial charge in [0.15, 0.2) is 0 Å². The number of nitrogens with zero attached hydrogens (tertiary/aromatic N) is 5. The van der Waals surface area contributed by atoms with Crippen molar-refractivity contribution in [3.63, 3.8) is 0 Å². The molecule has 0 spiro atoms. The molecule has 0 aliphatic heterocycles. The molecule has 0 aromatic carbocycles. The topological polar surface area (TPSA) is 72.3 Å². The quantitative estimate of drug-likeness (QED) is 0.855. The summed E-state index contributed by atoms with van der Waals surface area (Å²) in [6, 6.07) is 1.38. The molecule has 0 saturated heterocycles. The second-order valence-electron chi connectivity index (χ2n) is 3.42. The predicted octanol–water partition coefficient (Wildman–Crippen LogP) is 2.29. The lowest BCUT2D eigenvalue weighted by Gasteiger charge is -2.04. The van der Waals surface area contributed by atoms with Gasteiger partial charge in [0, 0.05) is 0 Å². The van der Waals surface area contributed by atoms with Gasteiger partial charge in [-0.1, -0.05) is 34.8 Å². The third-order valence-electron chi connectivity index (χ3n) is 1.94. The van der Waals surface area contributed by atoms with Gasteiger partial charge in [-0.15, -0.1) is 10.2 Å². The maximum absolute atomic E-state index is 12.2. The molecule has 12 heteroatoms. The predicted molar refractivity (Wildman–Crippen MR) is 59.7 cm³/mol. The van der Waals surface area contributed by atoms with Gasteiger partial charge in [-0.3, -0.25) is 5.10 Å². The lowest BCUT2D eigenvalue weighted by Crippen LogP contribution is -2.09. The number of hydrogen-bond donors (Lipinski definition) is 1. The number of aromatic amines is 1. The Morgan fingerprint density at radius 3 is 2.42 bits per heavy atom. The second-order valence-corrected chi connectivity index (χ2v) is 5.70. The van der Waals surface area contributed by atoms with Crippen molar-refractivity contribution < 1.29 is 13.2 Å². The number of H-pyrrole nitrogens is 1. The van der Waals surface area contributed by atoms with Crippen LogP contribution in [0, 0.1) is 0 Å². The summed E-state index contributed by atoms with van der Waals surface area (Å²) < 4.78 is 35.0. The minimum absolute atomic E-state index is 0.114. The van der Waals surface area contributed by atoms with Crippen molar-refractivity contribution in [3.05, 3.63) is 23.3 Å². The molecule has 0 aliphatic carbocycles. The summed E-state index contributed by atoms with van der Waals surface area (Å²) >= 11 is 16.8. The Bertz CT molecular complexity index is 521. The number of aromatic nitrogens is 6. The summed E-state index contributed by atoms with van der Waals surface area (Å²) in [6.45, 7) is -0.114. The maximum atomic E-state index is 12.2. The van der Waals surface area contributed by atoms with Gasteiger partial charge in [0.05, 0.1) is 5.69 Å². The standard InChI is InChI=1S/C7H4Cl3F3N6/c8-6(9,10)4-1-3(14-15-4)2-19-17-5(16-18-19)7(11,12)13/h1H,2H2,(H,14,15). The number of hydrogen-bond acceptors (Lipinski definition) is 4. The highest BCUT2D eigenvalue weighted by molar-refractivity contribution is 6.66. The first-order valence-corrected chi connectivity index (χ1v) is 5.76. The number of tetrazole rings is 1. The second kappa shape index (κ2) is 4.80. The number of nitrogens with one attached hydrogen (secondary N) is 1. The maximum Gasteiger partial charge on any atom is 0.455 e. The number of rotatable bonds is 2. The van der Waals surface area contributed by atoms with Crippen LogP contribution in [-0.2, 0) is 16.5 Å². The van der Waals surface area contributed by atoms with Crippen molar-refractivity contribution in [1.82, 2.24) is 30.4 Å². The highest BCUT2D eigenvalue weighted by Crippen LogP contribution is 2.37. The van der Waals surface area contributed by atoms with E-state index in [1.165, 1.54) is 6.07 Å². The molecule has 0 aliphatic rings. The van der Waals surface area contributed by atoms with Crippen LogP contribution in [0.1, 0.15) is 17.2 Å². The molecule has 0 bridgehead atoms. The van der Waals surface area contributed by atoms with Crippen LogP contribution in [0.2, 0.25) is 0 Å². The summed E-state index contributed by atoms with van der Waals surface area (Å²) in [4.78, 5) is 0.749. The highest BCUT2D eigenvalue weighted by atomic mass is 35.6. The largest absolute Gasteiger partial charge is 0.455 e. The van der Waals surface area contributed by atoms with Crippen molar-refractivity contribution >= 4 is 34.8 Å². The van der Waals surface area contributed by atoms with Crippen molar-refractivity contribution in [2.75, 3.05) is 0 Å². The van der Waals surface area contributed by atoms with Crippen LogP contribution in [0.3, 0.4) is 0 Å². The molecule has 0 unspecified atom stereocenters. The van der Waals surface area contributed by atoms with E-state index < -0.39 is 15.8 Å². The first-order chi connectivity index (χ1) is 8.66. The van der Waals surface area contributed by atoms with Crippen LogP contribution < -0.4 is 0 Å². The molecule has 2 rings (SSSR count). The Hall–Kier alpha value is -1.06. The van der Waals surface area contributed by atoms with Crippen molar-refractivity contribution in [3.8, 4) is 0 Å². The van der Waals surface area contributed by atoms with Gasteiger partial charge in [0.2, 0.25) is 3.79 Å². The molecule has 0 atom stereocenters. The third-order valence-corrected chi connectivity index (χ3v) is 2.52. The zero-order valence-corrected chi connectivity index (χ0v) is 11.1. The lowest BCUT2D eigenvalue weighted by atomic mass is 10.4. The average molecular weight is 336 g/mol. The molecular weight excluding hydrogens is 331 g/mol. The van der Waals surface area contributed by atoms with E-state index in [2.05, 4.69) is 25.6 Å². The van der Waals surface area contributed by atoms with Crippen LogP contribution in [0.15, 0.2) is 6.07 Å². The molecule has 2 aromatic heterocycles. The van der Waals surface area contributed by atoms with E-state index in [4.69, 9.17) is 34.8 Å². The van der Waals surface area contributed by atoms with E-state index in [1.807, 2.05) is 0 Å². The fraction of sp³-hybridized carbons (Fsp3) is 0.429. The molecule has 19 heavy (non-hydrogen) atoms. The van der Waals surface area contributed by atoms with Crippen LogP contribution in [0.5, 0.6) is 0 Å². The summed E-state index contributed by atoms with van der Waals surface area (Å²) in [5.41, 5.74) is 0.483. The van der Waals surface area contributed by atoms with Gasteiger partial charge in [-0.05, 0) is 11.3 Å². The van der Waals surface area contributed by atoms with Crippen LogP contribution in [0.4, 0.5) is 13.2 Å².